The molecule has 2 heterocycles. The van der Waals surface area contributed by atoms with Gasteiger partial charge < -0.3 is 14.8 Å². The summed E-state index contributed by atoms with van der Waals surface area (Å²) in [5.41, 5.74) is 1.42. The largest absolute Gasteiger partial charge is 0.353 e. The van der Waals surface area contributed by atoms with Crippen molar-refractivity contribution in [3.8, 4) is 0 Å². The molecule has 0 spiro atoms. The van der Waals surface area contributed by atoms with Gasteiger partial charge in [-0.1, -0.05) is 13.3 Å². The molecule has 1 aromatic heterocycles. The van der Waals surface area contributed by atoms with Gasteiger partial charge in [0.25, 0.3) is 0 Å². The first-order valence-corrected chi connectivity index (χ1v) is 7.38. The Bertz CT molecular complexity index is 335. The summed E-state index contributed by atoms with van der Waals surface area (Å²) in [6, 6.07) is 2.75. The van der Waals surface area contributed by atoms with Crippen LogP contribution in [0.15, 0.2) is 18.5 Å². The first-order chi connectivity index (χ1) is 8.83. The van der Waals surface area contributed by atoms with Crippen LogP contribution in [0.25, 0.3) is 0 Å². The lowest BCUT2D eigenvalue weighted by atomic mass is 10.1. The molecule has 0 saturated carbocycles. The van der Waals surface area contributed by atoms with E-state index in [0.29, 0.717) is 6.04 Å². The van der Waals surface area contributed by atoms with Crippen LogP contribution in [-0.2, 0) is 6.54 Å². The molecule has 2 rings (SSSR count). The Hall–Kier alpha value is -0.800. The summed E-state index contributed by atoms with van der Waals surface area (Å²) < 4.78 is 2.34. The molecule has 0 radical (unpaired) electrons. The van der Waals surface area contributed by atoms with Crippen molar-refractivity contribution in [3.05, 3.63) is 24.0 Å². The van der Waals surface area contributed by atoms with Gasteiger partial charge in [-0.05, 0) is 51.0 Å². The Kier molecular flexibility index (Phi) is 5.26. The quantitative estimate of drug-likeness (QED) is 0.836. The van der Waals surface area contributed by atoms with Crippen molar-refractivity contribution < 1.29 is 0 Å². The number of nitrogens with zero attached hydrogens (tertiary/aromatic N) is 2. The summed E-state index contributed by atoms with van der Waals surface area (Å²) in [6.07, 6.45) is 9.86. The molecule has 1 aliphatic heterocycles. The molecule has 1 unspecified atom stereocenters. The van der Waals surface area contributed by atoms with Crippen LogP contribution in [0.2, 0.25) is 0 Å². The molecule has 3 heteroatoms. The van der Waals surface area contributed by atoms with Gasteiger partial charge in [0.1, 0.15) is 0 Å². The van der Waals surface area contributed by atoms with Gasteiger partial charge in [-0.3, -0.25) is 0 Å². The third-order valence-electron chi connectivity index (χ3n) is 4.06. The number of rotatable bonds is 6. The molecule has 0 bridgehead atoms. The fourth-order valence-electron chi connectivity index (χ4n) is 2.85. The molecule has 1 saturated heterocycles. The van der Waals surface area contributed by atoms with Crippen molar-refractivity contribution in [3.63, 3.8) is 0 Å². The van der Waals surface area contributed by atoms with Gasteiger partial charge in [0.2, 0.25) is 0 Å². The SMILES string of the molecule is CCC(NC)c1ccn(CCN2CCCCC2)c1. The highest BCUT2D eigenvalue weighted by atomic mass is 15.1. The third kappa shape index (κ3) is 3.59. The maximum atomic E-state index is 3.36. The molecular formula is C15H27N3. The molecule has 102 valence electrons. The second-order valence-electron chi connectivity index (χ2n) is 5.33. The summed E-state index contributed by atoms with van der Waals surface area (Å²) in [5.74, 6) is 0. The standard InChI is InChI=1S/C15H27N3/c1-3-15(16-2)14-7-10-18(13-14)12-11-17-8-5-4-6-9-17/h7,10,13,15-16H,3-6,8-9,11-12H2,1-2H3. The zero-order valence-electron chi connectivity index (χ0n) is 11.9. The molecule has 0 amide bonds. The maximum Gasteiger partial charge on any atom is 0.0347 e. The Morgan fingerprint density at radius 1 is 1.22 bits per heavy atom. The first kappa shape index (κ1) is 13.6. The van der Waals surface area contributed by atoms with Crippen LogP contribution in [0, 0.1) is 0 Å². The minimum Gasteiger partial charge on any atom is -0.353 e. The van der Waals surface area contributed by atoms with Gasteiger partial charge in [-0.15, -0.1) is 0 Å². The van der Waals surface area contributed by atoms with E-state index in [1.165, 1.54) is 44.5 Å². The molecule has 1 aromatic rings. The summed E-state index contributed by atoms with van der Waals surface area (Å²) >= 11 is 0. The number of hydrogen-bond acceptors (Lipinski definition) is 2. The second kappa shape index (κ2) is 6.95. The van der Waals surface area contributed by atoms with Gasteiger partial charge in [0, 0.05) is 31.5 Å². The average molecular weight is 249 g/mol. The van der Waals surface area contributed by atoms with Crippen LogP contribution in [0.5, 0.6) is 0 Å². The lowest BCUT2D eigenvalue weighted by molar-refractivity contribution is 0.221. The monoisotopic (exact) mass is 249 g/mol. The molecule has 1 atom stereocenters. The Balaban J connectivity index is 1.82. The van der Waals surface area contributed by atoms with Gasteiger partial charge in [0.15, 0.2) is 0 Å². The maximum absolute atomic E-state index is 3.36. The van der Waals surface area contributed by atoms with Crippen molar-refractivity contribution in [2.45, 2.75) is 45.2 Å². The summed E-state index contributed by atoms with van der Waals surface area (Å²) in [5, 5.41) is 3.36. The third-order valence-corrected chi connectivity index (χ3v) is 4.06. The minimum atomic E-state index is 0.501. The van der Waals surface area contributed by atoms with Crippen molar-refractivity contribution >= 4 is 0 Å². The van der Waals surface area contributed by atoms with E-state index < -0.39 is 0 Å². The zero-order chi connectivity index (χ0) is 12.8. The van der Waals surface area contributed by atoms with Crippen LogP contribution >= 0.6 is 0 Å². The summed E-state index contributed by atoms with van der Waals surface area (Å²) in [7, 11) is 2.04. The number of hydrogen-bond donors (Lipinski definition) is 1. The second-order valence-corrected chi connectivity index (χ2v) is 5.33. The number of likely N-dealkylation sites (tertiary alicyclic amines) is 1. The van der Waals surface area contributed by atoms with E-state index in [1.54, 1.807) is 0 Å². The first-order valence-electron chi connectivity index (χ1n) is 7.38. The van der Waals surface area contributed by atoms with E-state index >= 15 is 0 Å². The Morgan fingerprint density at radius 2 is 2.00 bits per heavy atom. The highest BCUT2D eigenvalue weighted by molar-refractivity contribution is 5.15. The van der Waals surface area contributed by atoms with E-state index in [4.69, 9.17) is 0 Å². The van der Waals surface area contributed by atoms with E-state index in [1.807, 2.05) is 7.05 Å². The van der Waals surface area contributed by atoms with E-state index in [2.05, 4.69) is 40.2 Å². The zero-order valence-corrected chi connectivity index (χ0v) is 11.9. The predicted molar refractivity (Wildman–Crippen MR) is 76.8 cm³/mol. The lowest BCUT2D eigenvalue weighted by Crippen LogP contribution is -2.32. The average Bonchev–Trinajstić information content (AvgIpc) is 2.88. The number of aromatic nitrogens is 1. The van der Waals surface area contributed by atoms with Crippen LogP contribution in [-0.4, -0.2) is 36.1 Å². The van der Waals surface area contributed by atoms with E-state index in [0.717, 1.165) is 13.0 Å². The van der Waals surface area contributed by atoms with Crippen molar-refractivity contribution in [1.29, 1.82) is 0 Å². The van der Waals surface area contributed by atoms with Crippen LogP contribution < -0.4 is 5.32 Å². The normalized spacial score (nSPS) is 19.0. The van der Waals surface area contributed by atoms with Gasteiger partial charge in [0.05, 0.1) is 0 Å². The molecule has 18 heavy (non-hydrogen) atoms. The number of nitrogens with one attached hydrogen (secondary N) is 1. The van der Waals surface area contributed by atoms with Crippen LogP contribution in [0.1, 0.15) is 44.2 Å². The predicted octanol–water partition coefficient (Wildman–Crippen LogP) is 2.64. The van der Waals surface area contributed by atoms with Gasteiger partial charge >= 0.3 is 0 Å². The molecule has 1 aliphatic rings. The summed E-state index contributed by atoms with van der Waals surface area (Å²) in [4.78, 5) is 2.60. The van der Waals surface area contributed by atoms with E-state index in [9.17, 15) is 0 Å². The smallest absolute Gasteiger partial charge is 0.0347 e. The molecule has 3 nitrogen and oxygen atoms in total. The van der Waals surface area contributed by atoms with Gasteiger partial charge in [-0.2, -0.15) is 0 Å². The fraction of sp³-hybridized carbons (Fsp3) is 0.733. The van der Waals surface area contributed by atoms with E-state index in [-0.39, 0.29) is 0 Å². The van der Waals surface area contributed by atoms with Gasteiger partial charge in [-0.25, -0.2) is 0 Å². The number of piperidine rings is 1. The van der Waals surface area contributed by atoms with Crippen LogP contribution in [0.3, 0.4) is 0 Å². The molecule has 0 aliphatic carbocycles. The Morgan fingerprint density at radius 3 is 2.67 bits per heavy atom. The summed E-state index contributed by atoms with van der Waals surface area (Å²) in [6.45, 7) is 7.14. The fourth-order valence-corrected chi connectivity index (χ4v) is 2.85. The minimum absolute atomic E-state index is 0.501. The van der Waals surface area contributed by atoms with Crippen molar-refractivity contribution in [1.82, 2.24) is 14.8 Å². The molecule has 1 fully saturated rings. The highest BCUT2D eigenvalue weighted by Crippen LogP contribution is 2.16. The molecule has 1 N–H and O–H groups in total. The Labute approximate surface area is 111 Å². The van der Waals surface area contributed by atoms with Crippen LogP contribution in [0.4, 0.5) is 0 Å². The lowest BCUT2D eigenvalue weighted by Gasteiger charge is -2.26. The molecular weight excluding hydrogens is 222 g/mol. The highest BCUT2D eigenvalue weighted by Gasteiger charge is 2.11. The molecule has 0 aromatic carbocycles. The topological polar surface area (TPSA) is 20.2 Å². The van der Waals surface area contributed by atoms with Crippen molar-refractivity contribution in [2.24, 2.45) is 0 Å². The van der Waals surface area contributed by atoms with Crippen molar-refractivity contribution in [2.75, 3.05) is 26.7 Å².